The fourth-order valence-corrected chi connectivity index (χ4v) is 2.45. The maximum Gasteiger partial charge on any atom is 0.246 e. The van der Waals surface area contributed by atoms with Gasteiger partial charge in [0.15, 0.2) is 11.6 Å². The number of rotatable bonds is 2. The van der Waals surface area contributed by atoms with Crippen LogP contribution in [0.4, 0.5) is 20.2 Å². The fraction of sp³-hybridized carbons (Fsp3) is 0.188. The van der Waals surface area contributed by atoms with E-state index < -0.39 is 17.7 Å². The molecule has 21 heavy (non-hydrogen) atoms. The third kappa shape index (κ3) is 2.72. The number of halogens is 2. The molecular weight excluding hydrogens is 274 g/mol. The molecule has 1 unspecified atom stereocenters. The third-order valence-corrected chi connectivity index (χ3v) is 3.58. The van der Waals surface area contributed by atoms with E-state index in [9.17, 15) is 13.6 Å². The summed E-state index contributed by atoms with van der Waals surface area (Å²) < 4.78 is 26.9. The molecule has 3 nitrogen and oxygen atoms in total. The van der Waals surface area contributed by atoms with Crippen LogP contribution in [-0.4, -0.2) is 11.9 Å². The third-order valence-electron chi connectivity index (χ3n) is 3.58. The van der Waals surface area contributed by atoms with Gasteiger partial charge in [-0.2, -0.15) is 0 Å². The number of anilines is 2. The van der Waals surface area contributed by atoms with Gasteiger partial charge in [0.05, 0.1) is 5.69 Å². The predicted molar refractivity (Wildman–Crippen MR) is 77.2 cm³/mol. The number of carbonyl (C=O) groups is 1. The van der Waals surface area contributed by atoms with Crippen LogP contribution in [0, 0.1) is 11.6 Å². The molecule has 1 amide bonds. The van der Waals surface area contributed by atoms with E-state index in [0.717, 1.165) is 17.3 Å². The molecule has 0 radical (unpaired) electrons. The van der Waals surface area contributed by atoms with E-state index in [4.69, 9.17) is 0 Å². The largest absolute Gasteiger partial charge is 0.371 e. The number of aryl methyl sites for hydroxylation is 1. The van der Waals surface area contributed by atoms with Gasteiger partial charge in [0.25, 0.3) is 0 Å². The second-order valence-electron chi connectivity index (χ2n) is 4.98. The molecular formula is C16H14F2N2O. The Bertz CT molecular complexity index is 688. The Morgan fingerprint density at radius 2 is 1.90 bits per heavy atom. The van der Waals surface area contributed by atoms with Crippen molar-refractivity contribution in [1.82, 2.24) is 0 Å². The van der Waals surface area contributed by atoms with Crippen molar-refractivity contribution in [3.63, 3.8) is 0 Å². The Hall–Kier alpha value is -2.43. The topological polar surface area (TPSA) is 41.1 Å². The molecule has 0 fully saturated rings. The summed E-state index contributed by atoms with van der Waals surface area (Å²) in [6, 6.07) is 10.8. The Labute approximate surface area is 121 Å². The number of hydrogen-bond acceptors (Lipinski definition) is 2. The van der Waals surface area contributed by atoms with Crippen LogP contribution in [0.3, 0.4) is 0 Å². The lowest BCUT2D eigenvalue weighted by molar-refractivity contribution is -0.116. The summed E-state index contributed by atoms with van der Waals surface area (Å²) in [5.41, 5.74) is 1.81. The van der Waals surface area contributed by atoms with E-state index >= 15 is 0 Å². The molecule has 1 heterocycles. The SMILES string of the molecule is O=C1Nc2ccccc2CCC1Nc1cccc(F)c1F. The molecule has 3 rings (SSSR count). The number of nitrogens with one attached hydrogen (secondary N) is 2. The van der Waals surface area contributed by atoms with E-state index in [-0.39, 0.29) is 11.6 Å². The van der Waals surface area contributed by atoms with Crippen LogP contribution in [0.2, 0.25) is 0 Å². The molecule has 2 aromatic rings. The van der Waals surface area contributed by atoms with Crippen LogP contribution in [0.25, 0.3) is 0 Å². The number of benzene rings is 2. The molecule has 0 aromatic heterocycles. The quantitative estimate of drug-likeness (QED) is 0.890. The Morgan fingerprint density at radius 1 is 1.10 bits per heavy atom. The lowest BCUT2D eigenvalue weighted by Gasteiger charge is -2.17. The highest BCUT2D eigenvalue weighted by molar-refractivity contribution is 5.97. The van der Waals surface area contributed by atoms with E-state index in [0.29, 0.717) is 12.8 Å². The van der Waals surface area contributed by atoms with E-state index in [1.54, 1.807) is 0 Å². The summed E-state index contributed by atoms with van der Waals surface area (Å²) in [4.78, 5) is 12.2. The molecule has 5 heteroatoms. The van der Waals surface area contributed by atoms with Crippen LogP contribution in [0.5, 0.6) is 0 Å². The van der Waals surface area contributed by atoms with Crippen LogP contribution >= 0.6 is 0 Å². The zero-order valence-electron chi connectivity index (χ0n) is 11.2. The lowest BCUT2D eigenvalue weighted by atomic mass is 10.1. The van der Waals surface area contributed by atoms with Crippen molar-refractivity contribution >= 4 is 17.3 Å². The smallest absolute Gasteiger partial charge is 0.246 e. The zero-order valence-corrected chi connectivity index (χ0v) is 11.2. The number of carbonyl (C=O) groups excluding carboxylic acids is 1. The van der Waals surface area contributed by atoms with E-state index in [1.807, 2.05) is 24.3 Å². The van der Waals surface area contributed by atoms with Crippen molar-refractivity contribution in [3.05, 3.63) is 59.7 Å². The van der Waals surface area contributed by atoms with Crippen molar-refractivity contribution in [2.24, 2.45) is 0 Å². The zero-order chi connectivity index (χ0) is 14.8. The number of para-hydroxylation sites is 1. The van der Waals surface area contributed by atoms with Gasteiger partial charge in [-0.25, -0.2) is 8.78 Å². The molecule has 108 valence electrons. The molecule has 1 aliphatic heterocycles. The van der Waals surface area contributed by atoms with Gasteiger partial charge in [0.1, 0.15) is 6.04 Å². The van der Waals surface area contributed by atoms with Crippen LogP contribution in [0.15, 0.2) is 42.5 Å². The van der Waals surface area contributed by atoms with Crippen LogP contribution in [0.1, 0.15) is 12.0 Å². The van der Waals surface area contributed by atoms with Crippen molar-refractivity contribution in [2.75, 3.05) is 10.6 Å². The van der Waals surface area contributed by atoms with Gasteiger partial charge in [-0.1, -0.05) is 24.3 Å². The van der Waals surface area contributed by atoms with Gasteiger partial charge < -0.3 is 10.6 Å². The summed E-state index contributed by atoms with van der Waals surface area (Å²) in [5, 5.41) is 5.60. The van der Waals surface area contributed by atoms with Gasteiger partial charge in [-0.3, -0.25) is 4.79 Å². The molecule has 1 aliphatic rings. The van der Waals surface area contributed by atoms with Crippen LogP contribution < -0.4 is 10.6 Å². The monoisotopic (exact) mass is 288 g/mol. The van der Waals surface area contributed by atoms with Gasteiger partial charge in [0.2, 0.25) is 5.91 Å². The van der Waals surface area contributed by atoms with Gasteiger partial charge in [-0.15, -0.1) is 0 Å². The number of amides is 1. The highest BCUT2D eigenvalue weighted by Crippen LogP contribution is 2.24. The molecule has 2 N–H and O–H groups in total. The van der Waals surface area contributed by atoms with Gasteiger partial charge in [-0.05, 0) is 36.6 Å². The van der Waals surface area contributed by atoms with Crippen LogP contribution in [-0.2, 0) is 11.2 Å². The van der Waals surface area contributed by atoms with E-state index in [1.165, 1.54) is 12.1 Å². The van der Waals surface area contributed by atoms with Gasteiger partial charge in [0, 0.05) is 5.69 Å². The molecule has 0 bridgehead atoms. The molecule has 2 aromatic carbocycles. The van der Waals surface area contributed by atoms with Crippen molar-refractivity contribution in [3.8, 4) is 0 Å². The maximum atomic E-state index is 13.7. The first-order chi connectivity index (χ1) is 10.1. The molecule has 1 atom stereocenters. The minimum Gasteiger partial charge on any atom is -0.371 e. The highest BCUT2D eigenvalue weighted by Gasteiger charge is 2.24. The normalized spacial score (nSPS) is 17.6. The fourth-order valence-electron chi connectivity index (χ4n) is 2.45. The Balaban J connectivity index is 1.82. The Morgan fingerprint density at radius 3 is 2.76 bits per heavy atom. The summed E-state index contributed by atoms with van der Waals surface area (Å²) in [7, 11) is 0. The average molecular weight is 288 g/mol. The van der Waals surface area contributed by atoms with E-state index in [2.05, 4.69) is 10.6 Å². The molecule has 0 aliphatic carbocycles. The average Bonchev–Trinajstić information content (AvgIpc) is 2.63. The van der Waals surface area contributed by atoms with Crippen molar-refractivity contribution in [1.29, 1.82) is 0 Å². The predicted octanol–water partition coefficient (Wildman–Crippen LogP) is 3.33. The minimum atomic E-state index is -0.966. The lowest BCUT2D eigenvalue weighted by Crippen LogP contribution is -2.34. The first-order valence-corrected chi connectivity index (χ1v) is 6.74. The summed E-state index contributed by atoms with van der Waals surface area (Å²) in [6.45, 7) is 0. The standard InChI is InChI=1S/C16H14F2N2O/c17-11-5-3-7-13(15(11)18)19-14-9-8-10-4-1-2-6-12(10)20-16(14)21/h1-7,14,19H,8-9H2,(H,20,21). The first-order valence-electron chi connectivity index (χ1n) is 6.74. The molecule has 0 spiro atoms. The maximum absolute atomic E-state index is 13.7. The van der Waals surface area contributed by atoms with Gasteiger partial charge >= 0.3 is 0 Å². The molecule has 0 saturated carbocycles. The molecule has 0 saturated heterocycles. The second-order valence-corrected chi connectivity index (χ2v) is 4.98. The highest BCUT2D eigenvalue weighted by atomic mass is 19.2. The Kier molecular flexibility index (Phi) is 3.56. The second kappa shape index (κ2) is 5.52. The number of hydrogen-bond donors (Lipinski definition) is 2. The number of fused-ring (bicyclic) bond motifs is 1. The summed E-state index contributed by atoms with van der Waals surface area (Å²) in [6.07, 6.45) is 1.20. The summed E-state index contributed by atoms with van der Waals surface area (Å²) >= 11 is 0. The minimum absolute atomic E-state index is 0.00102. The van der Waals surface area contributed by atoms with Crippen molar-refractivity contribution < 1.29 is 13.6 Å². The van der Waals surface area contributed by atoms with Crippen molar-refractivity contribution in [2.45, 2.75) is 18.9 Å². The first kappa shape index (κ1) is 13.5. The summed E-state index contributed by atoms with van der Waals surface area (Å²) in [5.74, 6) is -2.15.